The topological polar surface area (TPSA) is 75.4 Å². The molecule has 0 bridgehead atoms. The maximum atomic E-state index is 11.6. The Morgan fingerprint density at radius 2 is 2.19 bits per heavy atom. The van der Waals surface area contributed by atoms with Crippen LogP contribution in [0.2, 0.25) is 5.02 Å². The van der Waals surface area contributed by atoms with E-state index in [9.17, 15) is 4.79 Å². The fraction of sp³-hybridized carbons (Fsp3) is 0.364. The summed E-state index contributed by atoms with van der Waals surface area (Å²) in [6.07, 6.45) is 1.42. The maximum Gasteiger partial charge on any atom is 0.253 e. The van der Waals surface area contributed by atoms with Crippen molar-refractivity contribution in [1.29, 1.82) is 0 Å². The molecule has 0 saturated heterocycles. The molecule has 1 rings (SSSR count). The van der Waals surface area contributed by atoms with Gasteiger partial charge in [-0.3, -0.25) is 4.79 Å². The summed E-state index contributed by atoms with van der Waals surface area (Å²) in [7, 11) is 0. The second-order valence-corrected chi connectivity index (χ2v) is 3.85. The number of anilines is 1. The van der Waals surface area contributed by atoms with Crippen LogP contribution in [-0.2, 0) is 0 Å². The van der Waals surface area contributed by atoms with Gasteiger partial charge in [0.05, 0.1) is 5.56 Å². The normalized spacial score (nSPS) is 10.1. The quantitative estimate of drug-likeness (QED) is 0.540. The van der Waals surface area contributed by atoms with Crippen LogP contribution >= 0.6 is 11.6 Å². The lowest BCUT2D eigenvalue weighted by Crippen LogP contribution is -2.25. The molecule has 0 unspecified atom stereocenters. The third-order valence-electron chi connectivity index (χ3n) is 2.13. The highest BCUT2D eigenvalue weighted by molar-refractivity contribution is 6.31. The van der Waals surface area contributed by atoms with E-state index < -0.39 is 0 Å². The Bertz CT molecular complexity index is 369. The zero-order chi connectivity index (χ0) is 12.0. The summed E-state index contributed by atoms with van der Waals surface area (Å²) in [6.45, 7) is 0.667. The highest BCUT2D eigenvalue weighted by Crippen LogP contribution is 2.17. The number of nitrogens with one attached hydrogen (secondary N) is 1. The Balaban J connectivity index is 2.53. The Hall–Kier alpha value is -1.26. The van der Waals surface area contributed by atoms with Gasteiger partial charge in [0.1, 0.15) is 0 Å². The van der Waals surface area contributed by atoms with Crippen LogP contribution in [0.1, 0.15) is 23.2 Å². The first-order valence-electron chi connectivity index (χ1n) is 5.09. The van der Waals surface area contributed by atoms with Gasteiger partial charge in [-0.1, -0.05) is 11.6 Å². The molecule has 5 heteroatoms. The lowest BCUT2D eigenvalue weighted by atomic mass is 10.1. The van der Waals surface area contributed by atoms with Gasteiger partial charge in [-0.15, -0.1) is 0 Å². The van der Waals surface area contributed by atoms with Crippen molar-refractivity contribution < 1.29 is 9.90 Å². The van der Waals surface area contributed by atoms with Crippen molar-refractivity contribution in [3.63, 3.8) is 0 Å². The average Bonchev–Trinajstić information content (AvgIpc) is 2.24. The highest BCUT2D eigenvalue weighted by Gasteiger charge is 2.08. The zero-order valence-electron chi connectivity index (χ0n) is 8.87. The summed E-state index contributed by atoms with van der Waals surface area (Å²) in [5.74, 6) is -0.216. The Labute approximate surface area is 99.4 Å². The first-order valence-corrected chi connectivity index (χ1v) is 5.47. The fourth-order valence-corrected chi connectivity index (χ4v) is 1.45. The van der Waals surface area contributed by atoms with Crippen LogP contribution in [-0.4, -0.2) is 24.2 Å². The number of hydrogen-bond acceptors (Lipinski definition) is 3. The maximum absolute atomic E-state index is 11.6. The largest absolute Gasteiger partial charge is 0.398 e. The number of aliphatic hydroxyl groups excluding tert-OH is 1. The summed E-state index contributed by atoms with van der Waals surface area (Å²) >= 11 is 5.73. The highest BCUT2D eigenvalue weighted by atomic mass is 35.5. The van der Waals surface area contributed by atoms with Crippen LogP contribution in [0.3, 0.4) is 0 Å². The molecule has 0 atom stereocenters. The second-order valence-electron chi connectivity index (χ2n) is 3.42. The molecule has 0 radical (unpaired) electrons. The van der Waals surface area contributed by atoms with E-state index in [1.165, 1.54) is 0 Å². The van der Waals surface area contributed by atoms with E-state index in [4.69, 9.17) is 22.4 Å². The number of benzene rings is 1. The van der Waals surface area contributed by atoms with Crippen molar-refractivity contribution in [2.45, 2.75) is 12.8 Å². The van der Waals surface area contributed by atoms with Gasteiger partial charge in [0.2, 0.25) is 0 Å². The molecule has 0 aliphatic heterocycles. The fourth-order valence-electron chi connectivity index (χ4n) is 1.27. The molecule has 4 N–H and O–H groups in total. The van der Waals surface area contributed by atoms with E-state index in [1.807, 2.05) is 0 Å². The third kappa shape index (κ3) is 3.72. The summed E-state index contributed by atoms with van der Waals surface area (Å²) in [5.41, 5.74) is 6.46. The number of nitrogen functional groups attached to an aromatic ring is 1. The van der Waals surface area contributed by atoms with Crippen LogP contribution < -0.4 is 11.1 Å². The second kappa shape index (κ2) is 6.35. The first kappa shape index (κ1) is 12.8. The van der Waals surface area contributed by atoms with Crippen LogP contribution in [0, 0.1) is 0 Å². The van der Waals surface area contributed by atoms with E-state index in [0.29, 0.717) is 29.2 Å². The smallest absolute Gasteiger partial charge is 0.253 e. The number of carbonyl (C=O) groups is 1. The minimum absolute atomic E-state index is 0.138. The molecule has 0 aliphatic rings. The molecule has 0 aliphatic carbocycles. The van der Waals surface area contributed by atoms with Gasteiger partial charge in [-0.2, -0.15) is 0 Å². The summed E-state index contributed by atoms with van der Waals surface area (Å²) in [6, 6.07) is 4.77. The van der Waals surface area contributed by atoms with Gasteiger partial charge < -0.3 is 16.2 Å². The summed E-state index contributed by atoms with van der Waals surface area (Å²) in [4.78, 5) is 11.6. The predicted octanol–water partition coefficient (Wildman–Crippen LogP) is 1.42. The van der Waals surface area contributed by atoms with E-state index in [-0.39, 0.29) is 12.5 Å². The van der Waals surface area contributed by atoms with Crippen molar-refractivity contribution in [2.24, 2.45) is 0 Å². The first-order chi connectivity index (χ1) is 7.65. The zero-order valence-corrected chi connectivity index (χ0v) is 9.63. The number of halogens is 1. The van der Waals surface area contributed by atoms with Crippen molar-refractivity contribution in [1.82, 2.24) is 5.32 Å². The molecule has 0 saturated carbocycles. The molecular formula is C11H15ClN2O2. The van der Waals surface area contributed by atoms with Gasteiger partial charge in [0, 0.05) is 23.9 Å². The molecular weight excluding hydrogens is 228 g/mol. The number of aliphatic hydroxyl groups is 1. The summed E-state index contributed by atoms with van der Waals surface area (Å²) < 4.78 is 0. The number of unbranched alkanes of at least 4 members (excludes halogenated alkanes) is 1. The number of hydrogen-bond donors (Lipinski definition) is 3. The standard InChI is InChI=1S/C11H15ClN2O2/c12-8-3-4-9(10(13)7-8)11(16)14-5-1-2-6-15/h3-4,7,15H,1-2,5-6,13H2,(H,14,16). The molecule has 0 fully saturated rings. The number of carbonyl (C=O) groups excluding carboxylic acids is 1. The van der Waals surface area contributed by atoms with Gasteiger partial charge in [0.15, 0.2) is 0 Å². The molecule has 0 spiro atoms. The third-order valence-corrected chi connectivity index (χ3v) is 2.36. The number of nitrogens with two attached hydrogens (primary N) is 1. The van der Waals surface area contributed by atoms with Crippen LogP contribution in [0.15, 0.2) is 18.2 Å². The van der Waals surface area contributed by atoms with Gasteiger partial charge in [-0.05, 0) is 31.0 Å². The number of rotatable bonds is 5. The minimum atomic E-state index is -0.216. The van der Waals surface area contributed by atoms with Crippen molar-refractivity contribution in [3.05, 3.63) is 28.8 Å². The predicted molar refractivity (Wildman–Crippen MR) is 64.5 cm³/mol. The Morgan fingerprint density at radius 1 is 1.44 bits per heavy atom. The lowest BCUT2D eigenvalue weighted by Gasteiger charge is -2.07. The molecule has 1 aromatic carbocycles. The van der Waals surface area contributed by atoms with Crippen LogP contribution in [0.25, 0.3) is 0 Å². The molecule has 0 heterocycles. The van der Waals surface area contributed by atoms with E-state index in [2.05, 4.69) is 5.32 Å². The molecule has 1 amide bonds. The molecule has 16 heavy (non-hydrogen) atoms. The van der Waals surface area contributed by atoms with Crippen molar-refractivity contribution in [3.8, 4) is 0 Å². The van der Waals surface area contributed by atoms with Crippen molar-refractivity contribution >= 4 is 23.2 Å². The van der Waals surface area contributed by atoms with E-state index in [0.717, 1.165) is 6.42 Å². The average molecular weight is 243 g/mol. The number of amides is 1. The monoisotopic (exact) mass is 242 g/mol. The van der Waals surface area contributed by atoms with Crippen molar-refractivity contribution in [2.75, 3.05) is 18.9 Å². The molecule has 88 valence electrons. The van der Waals surface area contributed by atoms with Gasteiger partial charge in [-0.25, -0.2) is 0 Å². The van der Waals surface area contributed by atoms with Gasteiger partial charge >= 0.3 is 0 Å². The lowest BCUT2D eigenvalue weighted by molar-refractivity contribution is 0.0953. The Morgan fingerprint density at radius 3 is 2.81 bits per heavy atom. The minimum Gasteiger partial charge on any atom is -0.398 e. The van der Waals surface area contributed by atoms with E-state index in [1.54, 1.807) is 18.2 Å². The molecule has 0 aromatic heterocycles. The molecule has 1 aromatic rings. The Kier molecular flexibility index (Phi) is 5.08. The van der Waals surface area contributed by atoms with E-state index >= 15 is 0 Å². The SMILES string of the molecule is Nc1cc(Cl)ccc1C(=O)NCCCCO. The molecule has 4 nitrogen and oxygen atoms in total. The van der Waals surface area contributed by atoms with Crippen LogP contribution in [0.5, 0.6) is 0 Å². The van der Waals surface area contributed by atoms with Gasteiger partial charge in [0.25, 0.3) is 5.91 Å². The van der Waals surface area contributed by atoms with Crippen LogP contribution in [0.4, 0.5) is 5.69 Å². The summed E-state index contributed by atoms with van der Waals surface area (Å²) in [5, 5.41) is 11.8.